The Bertz CT molecular complexity index is 713. The Labute approximate surface area is 137 Å². The van der Waals surface area contributed by atoms with E-state index in [2.05, 4.69) is 26.0 Å². The smallest absolute Gasteiger partial charge is 0.250 e. The van der Waals surface area contributed by atoms with E-state index in [0.29, 0.717) is 10.8 Å². The van der Waals surface area contributed by atoms with Crippen molar-refractivity contribution in [2.45, 2.75) is 23.7 Å². The number of benzene rings is 1. The van der Waals surface area contributed by atoms with Crippen molar-refractivity contribution in [3.8, 4) is 0 Å². The van der Waals surface area contributed by atoms with Crippen LogP contribution >= 0.6 is 27.3 Å². The third-order valence-electron chi connectivity index (χ3n) is 2.93. The summed E-state index contributed by atoms with van der Waals surface area (Å²) in [5.74, 6) is 0. The van der Waals surface area contributed by atoms with E-state index in [4.69, 9.17) is 0 Å². The van der Waals surface area contributed by atoms with Crippen LogP contribution in [-0.4, -0.2) is 15.5 Å². The molecule has 0 aliphatic heterocycles. The van der Waals surface area contributed by atoms with Crippen molar-refractivity contribution in [2.24, 2.45) is 0 Å². The molecule has 1 heterocycles. The summed E-state index contributed by atoms with van der Waals surface area (Å²) in [6, 6.07) is 10.8. The van der Waals surface area contributed by atoms with Gasteiger partial charge in [-0.05, 0) is 43.8 Å². The van der Waals surface area contributed by atoms with Crippen LogP contribution in [0.1, 0.15) is 23.4 Å². The first-order chi connectivity index (χ1) is 9.92. The number of hydrogen-bond donors (Lipinski definition) is 2. The summed E-state index contributed by atoms with van der Waals surface area (Å²) in [6.45, 7) is 2.50. The molecular weight excluding hydrogens is 372 g/mol. The van der Waals surface area contributed by atoms with Crippen LogP contribution in [-0.2, 0) is 16.6 Å². The first-order valence-corrected chi connectivity index (χ1v) is 9.53. The molecule has 0 radical (unpaired) electrons. The minimum absolute atomic E-state index is 0.289. The van der Waals surface area contributed by atoms with E-state index in [1.54, 1.807) is 6.07 Å². The van der Waals surface area contributed by atoms with Gasteiger partial charge in [-0.2, -0.15) is 0 Å². The van der Waals surface area contributed by atoms with Gasteiger partial charge in [0.05, 0.1) is 0 Å². The van der Waals surface area contributed by atoms with Gasteiger partial charge in [-0.15, -0.1) is 11.3 Å². The zero-order valence-electron chi connectivity index (χ0n) is 11.8. The van der Waals surface area contributed by atoms with Crippen LogP contribution in [0.2, 0.25) is 0 Å². The summed E-state index contributed by atoms with van der Waals surface area (Å²) in [6.07, 6.45) is 0. The van der Waals surface area contributed by atoms with Crippen molar-refractivity contribution < 1.29 is 8.42 Å². The quantitative estimate of drug-likeness (QED) is 0.797. The minimum Gasteiger partial charge on any atom is -0.315 e. The Balaban J connectivity index is 2.16. The summed E-state index contributed by atoms with van der Waals surface area (Å²) < 4.78 is 28.8. The molecule has 1 unspecified atom stereocenters. The summed E-state index contributed by atoms with van der Waals surface area (Å²) >= 11 is 4.68. The van der Waals surface area contributed by atoms with Gasteiger partial charge in [-0.25, -0.2) is 13.1 Å². The number of thiophene rings is 1. The topological polar surface area (TPSA) is 58.2 Å². The van der Waals surface area contributed by atoms with Crippen molar-refractivity contribution in [1.82, 2.24) is 10.0 Å². The highest BCUT2D eigenvalue weighted by Crippen LogP contribution is 2.24. The van der Waals surface area contributed by atoms with Gasteiger partial charge in [-0.3, -0.25) is 0 Å². The van der Waals surface area contributed by atoms with E-state index < -0.39 is 10.0 Å². The van der Waals surface area contributed by atoms with E-state index in [9.17, 15) is 8.42 Å². The zero-order valence-corrected chi connectivity index (χ0v) is 15.0. The van der Waals surface area contributed by atoms with Gasteiger partial charge >= 0.3 is 0 Å². The molecule has 2 rings (SSSR count). The maximum absolute atomic E-state index is 12.4. The normalized spacial score (nSPS) is 13.3. The molecule has 0 saturated carbocycles. The maximum Gasteiger partial charge on any atom is 0.250 e. The molecule has 0 bridgehead atoms. The molecule has 7 heteroatoms. The molecule has 2 N–H and O–H groups in total. The van der Waals surface area contributed by atoms with Gasteiger partial charge in [0.25, 0.3) is 10.0 Å². The second kappa shape index (κ2) is 7.02. The average Bonchev–Trinajstić information content (AvgIpc) is 2.88. The van der Waals surface area contributed by atoms with Gasteiger partial charge in [0.15, 0.2) is 0 Å². The van der Waals surface area contributed by atoms with Gasteiger partial charge in [0.1, 0.15) is 4.21 Å². The van der Waals surface area contributed by atoms with E-state index in [1.165, 1.54) is 11.3 Å². The third kappa shape index (κ3) is 4.37. The molecule has 0 aliphatic carbocycles. The van der Waals surface area contributed by atoms with E-state index in [-0.39, 0.29) is 6.04 Å². The Morgan fingerprint density at radius 1 is 1.29 bits per heavy atom. The predicted molar refractivity (Wildman–Crippen MR) is 90.0 cm³/mol. The first kappa shape index (κ1) is 16.6. The maximum atomic E-state index is 12.4. The molecule has 0 fully saturated rings. The van der Waals surface area contributed by atoms with E-state index >= 15 is 0 Å². The lowest BCUT2D eigenvalue weighted by atomic mass is 10.1. The van der Waals surface area contributed by atoms with Gasteiger partial charge in [-0.1, -0.05) is 28.1 Å². The van der Waals surface area contributed by atoms with Crippen LogP contribution in [0.5, 0.6) is 0 Å². The SMILES string of the molecule is CNCc1ccc(S(=O)(=O)NC(C)c2cccc(Br)c2)s1. The Hall–Kier alpha value is -0.730. The molecule has 114 valence electrons. The summed E-state index contributed by atoms with van der Waals surface area (Å²) in [5, 5.41) is 3.01. The Kier molecular flexibility index (Phi) is 5.56. The molecule has 21 heavy (non-hydrogen) atoms. The van der Waals surface area contributed by atoms with Crippen molar-refractivity contribution in [3.63, 3.8) is 0 Å². The summed E-state index contributed by atoms with van der Waals surface area (Å²) in [7, 11) is -1.66. The molecule has 1 aromatic carbocycles. The zero-order chi connectivity index (χ0) is 15.5. The minimum atomic E-state index is -3.49. The molecular formula is C14H17BrN2O2S2. The van der Waals surface area contributed by atoms with E-state index in [1.807, 2.05) is 44.3 Å². The van der Waals surface area contributed by atoms with Gasteiger partial charge in [0.2, 0.25) is 0 Å². The molecule has 0 aliphatic rings. The molecule has 0 saturated heterocycles. The monoisotopic (exact) mass is 388 g/mol. The average molecular weight is 389 g/mol. The standard InChI is InChI=1S/C14H17BrN2O2S2/c1-10(11-4-3-5-12(15)8-11)17-21(18,19)14-7-6-13(20-14)9-16-2/h3-8,10,16-17H,9H2,1-2H3. The highest BCUT2D eigenvalue weighted by molar-refractivity contribution is 9.10. The summed E-state index contributed by atoms with van der Waals surface area (Å²) in [5.41, 5.74) is 0.917. The van der Waals surface area contributed by atoms with Crippen molar-refractivity contribution in [3.05, 3.63) is 51.3 Å². The van der Waals surface area contributed by atoms with Crippen LogP contribution in [0.4, 0.5) is 0 Å². The number of sulfonamides is 1. The number of rotatable bonds is 6. The largest absolute Gasteiger partial charge is 0.315 e. The second-order valence-corrected chi connectivity index (χ2v) is 8.67. The van der Waals surface area contributed by atoms with Crippen LogP contribution in [0.15, 0.2) is 45.1 Å². The summed E-state index contributed by atoms with van der Waals surface area (Å²) in [4.78, 5) is 0.994. The fraction of sp³-hybridized carbons (Fsp3) is 0.286. The Morgan fingerprint density at radius 3 is 2.71 bits per heavy atom. The van der Waals surface area contributed by atoms with Crippen LogP contribution in [0, 0.1) is 0 Å². The molecule has 0 amide bonds. The molecule has 2 aromatic rings. The van der Waals surface area contributed by atoms with Gasteiger partial charge < -0.3 is 5.32 Å². The highest BCUT2D eigenvalue weighted by atomic mass is 79.9. The molecule has 1 atom stereocenters. The first-order valence-electron chi connectivity index (χ1n) is 6.43. The fourth-order valence-corrected chi connectivity index (χ4v) is 4.94. The Morgan fingerprint density at radius 2 is 2.05 bits per heavy atom. The third-order valence-corrected chi connectivity index (χ3v) is 6.54. The van der Waals surface area contributed by atoms with Gasteiger partial charge in [0, 0.05) is 21.9 Å². The number of hydrogen-bond acceptors (Lipinski definition) is 4. The lowest BCUT2D eigenvalue weighted by molar-refractivity contribution is 0.569. The van der Waals surface area contributed by atoms with Crippen LogP contribution in [0.3, 0.4) is 0 Å². The molecule has 4 nitrogen and oxygen atoms in total. The van der Waals surface area contributed by atoms with E-state index in [0.717, 1.165) is 14.9 Å². The lowest BCUT2D eigenvalue weighted by Crippen LogP contribution is -2.26. The van der Waals surface area contributed by atoms with Crippen LogP contribution < -0.4 is 10.0 Å². The van der Waals surface area contributed by atoms with Crippen molar-refractivity contribution in [1.29, 1.82) is 0 Å². The predicted octanol–water partition coefficient (Wildman–Crippen LogP) is 3.27. The number of halogens is 1. The van der Waals surface area contributed by atoms with Crippen LogP contribution in [0.25, 0.3) is 0 Å². The molecule has 0 spiro atoms. The lowest BCUT2D eigenvalue weighted by Gasteiger charge is -2.14. The van der Waals surface area contributed by atoms with Crippen molar-refractivity contribution >= 4 is 37.3 Å². The highest BCUT2D eigenvalue weighted by Gasteiger charge is 2.20. The number of nitrogens with one attached hydrogen (secondary N) is 2. The second-order valence-electron chi connectivity index (χ2n) is 4.65. The fourth-order valence-electron chi connectivity index (χ4n) is 1.91. The van der Waals surface area contributed by atoms with Crippen molar-refractivity contribution in [2.75, 3.05) is 7.05 Å². The molecule has 1 aromatic heterocycles.